The number of rotatable bonds is 6. The van der Waals surface area contributed by atoms with Gasteiger partial charge in [-0.2, -0.15) is 0 Å². The smallest absolute Gasteiger partial charge is 0.0541 e. The normalized spacial score (nSPS) is 11.8. The summed E-state index contributed by atoms with van der Waals surface area (Å²) in [4.78, 5) is 4.94. The van der Waals surface area contributed by atoms with Crippen LogP contribution in [0.25, 0.3) is 75.4 Å². The maximum Gasteiger partial charge on any atom is 0.0541 e. The topological polar surface area (TPSA) is 6.48 Å². The van der Waals surface area contributed by atoms with Gasteiger partial charge in [0, 0.05) is 32.9 Å². The third-order valence-electron chi connectivity index (χ3n) is 12.1. The molecule has 12 aromatic rings. The van der Waals surface area contributed by atoms with Crippen molar-refractivity contribution >= 4 is 110 Å². The van der Waals surface area contributed by atoms with Crippen molar-refractivity contribution in [1.82, 2.24) is 0 Å². The zero-order valence-electron chi connectivity index (χ0n) is 31.7. The molecule has 0 spiro atoms. The second-order valence-electron chi connectivity index (χ2n) is 15.3. The van der Waals surface area contributed by atoms with Gasteiger partial charge in [0.2, 0.25) is 0 Å². The van der Waals surface area contributed by atoms with Gasteiger partial charge in [0.15, 0.2) is 0 Å². The summed E-state index contributed by atoms with van der Waals surface area (Å²) < 4.78 is 0. The molecule has 0 aliphatic carbocycles. The summed E-state index contributed by atoms with van der Waals surface area (Å²) in [6, 6.07) is 80.3. The second-order valence-corrected chi connectivity index (χ2v) is 15.3. The van der Waals surface area contributed by atoms with Crippen LogP contribution in [0.1, 0.15) is 0 Å². The van der Waals surface area contributed by atoms with Crippen molar-refractivity contribution in [3.8, 4) is 0 Å². The summed E-state index contributed by atoms with van der Waals surface area (Å²) in [6.45, 7) is 0. The molecule has 0 fully saturated rings. The highest BCUT2D eigenvalue weighted by molar-refractivity contribution is 6.28. The third-order valence-corrected chi connectivity index (χ3v) is 12.1. The monoisotopic (exact) mass is 736 g/mol. The Balaban J connectivity index is 1.14. The summed E-state index contributed by atoms with van der Waals surface area (Å²) in [5, 5.41) is 17.2. The Labute approximate surface area is 336 Å². The Hall–Kier alpha value is -7.68. The van der Waals surface area contributed by atoms with Gasteiger partial charge in [-0.05, 0) is 102 Å². The van der Waals surface area contributed by atoms with Gasteiger partial charge in [0.25, 0.3) is 0 Å². The van der Waals surface area contributed by atoms with Crippen molar-refractivity contribution in [1.29, 1.82) is 0 Å². The molecule has 0 aliphatic heterocycles. The molecular weight excluding hydrogens is 701 g/mol. The maximum absolute atomic E-state index is 2.49. The molecule has 0 amide bonds. The summed E-state index contributed by atoms with van der Waals surface area (Å²) in [5.41, 5.74) is 6.87. The molecule has 0 atom stereocenters. The van der Waals surface area contributed by atoms with Gasteiger partial charge in [-0.3, -0.25) is 0 Å². The van der Waals surface area contributed by atoms with Crippen LogP contribution in [0.5, 0.6) is 0 Å². The average molecular weight is 737 g/mol. The van der Waals surface area contributed by atoms with E-state index < -0.39 is 0 Å². The molecule has 2 nitrogen and oxygen atoms in total. The van der Waals surface area contributed by atoms with Crippen molar-refractivity contribution in [3.63, 3.8) is 0 Å². The molecule has 0 saturated heterocycles. The van der Waals surface area contributed by atoms with Gasteiger partial charge >= 0.3 is 0 Å². The first-order valence-corrected chi connectivity index (χ1v) is 20.0. The molecule has 0 bridgehead atoms. The van der Waals surface area contributed by atoms with Crippen molar-refractivity contribution in [2.75, 3.05) is 9.80 Å². The van der Waals surface area contributed by atoms with Gasteiger partial charge in [0.1, 0.15) is 0 Å². The van der Waals surface area contributed by atoms with E-state index in [9.17, 15) is 0 Å². The van der Waals surface area contributed by atoms with E-state index in [0.717, 1.165) is 34.1 Å². The lowest BCUT2D eigenvalue weighted by atomic mass is 9.91. The fraction of sp³-hybridized carbons (Fsp3) is 0. The molecule has 0 unspecified atom stereocenters. The standard InChI is InChI=1S/C56H36N2/c1-3-15-43-35-45(29-23-37(43)11-1)57(46-30-24-38-12-2-4-16-44(38)36-46)53-33-27-41-26-32-50-54(34-28-42-25-31-49(53)55(41)56(42)50)58(51-21-9-17-39-13-5-7-19-47(39)51)52-22-10-18-40-14-6-8-20-48(40)52/h1-36H. The van der Waals surface area contributed by atoms with E-state index in [4.69, 9.17) is 0 Å². The van der Waals surface area contributed by atoms with Crippen LogP contribution in [0.3, 0.4) is 0 Å². The quantitative estimate of drug-likeness (QED) is 0.157. The van der Waals surface area contributed by atoms with E-state index in [2.05, 4.69) is 228 Å². The Morgan fingerprint density at radius 3 is 1.07 bits per heavy atom. The van der Waals surface area contributed by atoms with Gasteiger partial charge in [-0.15, -0.1) is 0 Å². The van der Waals surface area contributed by atoms with Crippen molar-refractivity contribution in [3.05, 3.63) is 218 Å². The Morgan fingerprint density at radius 2 is 0.569 bits per heavy atom. The van der Waals surface area contributed by atoms with Gasteiger partial charge in [0.05, 0.1) is 22.7 Å². The van der Waals surface area contributed by atoms with Crippen LogP contribution >= 0.6 is 0 Å². The lowest BCUT2D eigenvalue weighted by Crippen LogP contribution is -2.12. The number of fused-ring (bicyclic) bond motifs is 4. The van der Waals surface area contributed by atoms with Crippen LogP contribution in [0, 0.1) is 0 Å². The van der Waals surface area contributed by atoms with Gasteiger partial charge in [-0.25, -0.2) is 0 Å². The Morgan fingerprint density at radius 1 is 0.207 bits per heavy atom. The van der Waals surface area contributed by atoms with Crippen LogP contribution < -0.4 is 9.80 Å². The number of hydrogen-bond acceptors (Lipinski definition) is 2. The number of anilines is 6. The molecule has 0 saturated carbocycles. The molecule has 270 valence electrons. The first kappa shape index (κ1) is 32.6. The fourth-order valence-corrected chi connectivity index (χ4v) is 9.41. The summed E-state index contributed by atoms with van der Waals surface area (Å²) >= 11 is 0. The van der Waals surface area contributed by atoms with Gasteiger partial charge < -0.3 is 9.80 Å². The minimum Gasteiger partial charge on any atom is -0.310 e. The predicted octanol–water partition coefficient (Wildman–Crippen LogP) is 16.1. The van der Waals surface area contributed by atoms with Crippen molar-refractivity contribution < 1.29 is 0 Å². The van der Waals surface area contributed by atoms with E-state index >= 15 is 0 Å². The number of hydrogen-bond donors (Lipinski definition) is 0. The van der Waals surface area contributed by atoms with Crippen LogP contribution in [0.4, 0.5) is 34.1 Å². The van der Waals surface area contributed by atoms with E-state index in [1.165, 1.54) is 75.4 Å². The predicted molar refractivity (Wildman–Crippen MR) is 250 cm³/mol. The number of benzene rings is 12. The molecule has 12 rings (SSSR count). The number of nitrogens with zero attached hydrogens (tertiary/aromatic N) is 2. The SMILES string of the molecule is c1ccc2cc(N(c3ccc4ccccc4c3)c3ccc4ccc5c(N(c6cccc7ccccc67)c6cccc7ccccc67)ccc6ccc3c4c65)ccc2c1. The van der Waals surface area contributed by atoms with E-state index in [1.54, 1.807) is 0 Å². The first-order chi connectivity index (χ1) is 28.8. The van der Waals surface area contributed by atoms with E-state index in [0.29, 0.717) is 0 Å². The summed E-state index contributed by atoms with van der Waals surface area (Å²) in [6.07, 6.45) is 0. The first-order valence-electron chi connectivity index (χ1n) is 20.0. The molecule has 0 N–H and O–H groups in total. The molecule has 0 heterocycles. The average Bonchev–Trinajstić information content (AvgIpc) is 3.29. The zero-order chi connectivity index (χ0) is 38.2. The highest BCUT2D eigenvalue weighted by atomic mass is 15.2. The highest BCUT2D eigenvalue weighted by Gasteiger charge is 2.23. The van der Waals surface area contributed by atoms with Gasteiger partial charge in [-0.1, -0.05) is 170 Å². The molecular formula is C56H36N2. The largest absolute Gasteiger partial charge is 0.310 e. The van der Waals surface area contributed by atoms with E-state index in [1.807, 2.05) is 0 Å². The van der Waals surface area contributed by atoms with Crippen LogP contribution in [-0.4, -0.2) is 0 Å². The summed E-state index contributed by atoms with van der Waals surface area (Å²) in [7, 11) is 0. The van der Waals surface area contributed by atoms with Crippen molar-refractivity contribution in [2.45, 2.75) is 0 Å². The molecule has 0 aliphatic rings. The molecule has 0 aromatic heterocycles. The molecule has 58 heavy (non-hydrogen) atoms. The maximum atomic E-state index is 2.49. The zero-order valence-corrected chi connectivity index (χ0v) is 31.7. The lowest BCUT2D eigenvalue weighted by molar-refractivity contribution is 1.31. The van der Waals surface area contributed by atoms with Crippen LogP contribution in [0.15, 0.2) is 218 Å². The third kappa shape index (κ3) is 5.05. The van der Waals surface area contributed by atoms with Crippen LogP contribution in [0.2, 0.25) is 0 Å². The lowest BCUT2D eigenvalue weighted by Gasteiger charge is -2.30. The minimum atomic E-state index is 1.13. The van der Waals surface area contributed by atoms with Crippen molar-refractivity contribution in [2.24, 2.45) is 0 Å². The highest BCUT2D eigenvalue weighted by Crippen LogP contribution is 2.49. The fourth-order valence-electron chi connectivity index (χ4n) is 9.41. The molecule has 0 radical (unpaired) electrons. The second kappa shape index (κ2) is 12.9. The van der Waals surface area contributed by atoms with E-state index in [-0.39, 0.29) is 0 Å². The summed E-state index contributed by atoms with van der Waals surface area (Å²) in [5.74, 6) is 0. The Bertz CT molecular complexity index is 3380. The Kier molecular flexibility index (Phi) is 7.26. The molecule has 2 heteroatoms. The minimum absolute atomic E-state index is 1.13. The van der Waals surface area contributed by atoms with Crippen LogP contribution in [-0.2, 0) is 0 Å². The molecule has 12 aromatic carbocycles.